The molecule has 0 heterocycles. The van der Waals surface area contributed by atoms with Crippen molar-refractivity contribution in [2.24, 2.45) is 0 Å². The highest BCUT2D eigenvalue weighted by atomic mass is 35.5. The van der Waals surface area contributed by atoms with Crippen LogP contribution >= 0.6 is 23.2 Å². The second kappa shape index (κ2) is 12.7. The molecule has 0 unspecified atom stereocenters. The summed E-state index contributed by atoms with van der Waals surface area (Å²) in [5, 5.41) is 13.4. The van der Waals surface area contributed by atoms with Gasteiger partial charge >= 0.3 is 0 Å². The van der Waals surface area contributed by atoms with Crippen molar-refractivity contribution in [1.29, 1.82) is 5.26 Å². The van der Waals surface area contributed by atoms with Crippen molar-refractivity contribution in [2.45, 2.75) is 20.0 Å². The Morgan fingerprint density at radius 3 is 2.51 bits per heavy atom. The average Bonchev–Trinajstić information content (AvgIpc) is 2.84. The number of anilines is 1. The number of nitrogens with zero attached hydrogens (tertiary/aromatic N) is 1. The molecule has 0 spiro atoms. The number of allylic oxidation sites excluding steroid dienone is 1. The third-order valence-corrected chi connectivity index (χ3v) is 5.50. The normalized spacial score (nSPS) is 10.9. The SMILES string of the molecule is C=CCc1cc(/C=C(\C#N)C(=O)Nc2ccccc2)cc(OCC)c1OCc1ccc(Cl)cc1Cl. The van der Waals surface area contributed by atoms with E-state index in [1.807, 2.05) is 25.1 Å². The number of benzene rings is 3. The largest absolute Gasteiger partial charge is 0.490 e. The van der Waals surface area contributed by atoms with Gasteiger partial charge in [0.2, 0.25) is 0 Å². The van der Waals surface area contributed by atoms with Crippen LogP contribution in [0.1, 0.15) is 23.6 Å². The maximum atomic E-state index is 12.7. The number of carbonyl (C=O) groups is 1. The van der Waals surface area contributed by atoms with E-state index in [4.69, 9.17) is 32.7 Å². The molecule has 0 radical (unpaired) electrons. The van der Waals surface area contributed by atoms with Crippen molar-refractivity contribution < 1.29 is 14.3 Å². The zero-order chi connectivity index (χ0) is 25.2. The van der Waals surface area contributed by atoms with Gasteiger partial charge < -0.3 is 14.8 Å². The van der Waals surface area contributed by atoms with Gasteiger partial charge in [-0.1, -0.05) is 53.5 Å². The number of nitrogens with one attached hydrogen (secondary N) is 1. The van der Waals surface area contributed by atoms with Crippen molar-refractivity contribution in [3.63, 3.8) is 0 Å². The quantitative estimate of drug-likeness (QED) is 0.178. The molecule has 3 aromatic rings. The van der Waals surface area contributed by atoms with E-state index in [9.17, 15) is 10.1 Å². The number of amides is 1. The maximum absolute atomic E-state index is 12.7. The fourth-order valence-electron chi connectivity index (χ4n) is 3.32. The minimum absolute atomic E-state index is 0.0394. The van der Waals surface area contributed by atoms with Crippen LogP contribution in [0.5, 0.6) is 11.5 Å². The Morgan fingerprint density at radius 1 is 1.09 bits per heavy atom. The van der Waals surface area contributed by atoms with Crippen molar-refractivity contribution in [3.8, 4) is 17.6 Å². The molecule has 1 N–H and O–H groups in total. The first kappa shape index (κ1) is 25.9. The van der Waals surface area contributed by atoms with Crippen LogP contribution in [0.25, 0.3) is 6.08 Å². The summed E-state index contributed by atoms with van der Waals surface area (Å²) in [7, 11) is 0. The highest BCUT2D eigenvalue weighted by molar-refractivity contribution is 6.35. The number of rotatable bonds is 10. The second-order valence-corrected chi connectivity index (χ2v) is 8.29. The first-order valence-electron chi connectivity index (χ1n) is 10.9. The lowest BCUT2D eigenvalue weighted by molar-refractivity contribution is -0.112. The van der Waals surface area contributed by atoms with E-state index in [-0.39, 0.29) is 12.2 Å². The van der Waals surface area contributed by atoms with Gasteiger partial charge in [-0.05, 0) is 61.4 Å². The summed E-state index contributed by atoms with van der Waals surface area (Å²) in [4.78, 5) is 12.7. The number of nitriles is 1. The summed E-state index contributed by atoms with van der Waals surface area (Å²) in [5.41, 5.74) is 2.76. The van der Waals surface area contributed by atoms with Crippen molar-refractivity contribution in [2.75, 3.05) is 11.9 Å². The molecule has 35 heavy (non-hydrogen) atoms. The van der Waals surface area contributed by atoms with Crippen LogP contribution in [0.2, 0.25) is 10.0 Å². The molecule has 0 fully saturated rings. The summed E-state index contributed by atoms with van der Waals surface area (Å²) in [6.07, 6.45) is 3.75. The average molecular weight is 507 g/mol. The lowest BCUT2D eigenvalue weighted by Crippen LogP contribution is -2.13. The number of hydrogen-bond acceptors (Lipinski definition) is 4. The van der Waals surface area contributed by atoms with Crippen molar-refractivity contribution in [1.82, 2.24) is 0 Å². The standard InChI is InChI=1S/C28H24Cl2N2O3/c1-3-8-20-13-19(14-22(17-31)28(33)32-24-9-6-5-7-10-24)15-26(34-4-2)27(20)35-18-21-11-12-23(29)16-25(21)30/h3,5-7,9-16H,1,4,8,18H2,2H3,(H,32,33)/b22-14+. The second-order valence-electron chi connectivity index (χ2n) is 7.45. The third-order valence-electron chi connectivity index (χ3n) is 4.91. The van der Waals surface area contributed by atoms with Crippen LogP contribution in [0.4, 0.5) is 5.69 Å². The van der Waals surface area contributed by atoms with E-state index in [1.54, 1.807) is 54.6 Å². The smallest absolute Gasteiger partial charge is 0.266 e. The third kappa shape index (κ3) is 7.13. The highest BCUT2D eigenvalue weighted by Gasteiger charge is 2.16. The Labute approximate surface area is 215 Å². The van der Waals surface area contributed by atoms with Gasteiger partial charge in [-0.15, -0.1) is 6.58 Å². The molecule has 0 aliphatic rings. The Bertz CT molecular complexity index is 1280. The van der Waals surface area contributed by atoms with E-state index in [0.717, 1.165) is 11.1 Å². The van der Waals surface area contributed by atoms with Gasteiger partial charge in [-0.3, -0.25) is 4.79 Å². The molecule has 0 saturated carbocycles. The van der Waals surface area contributed by atoms with E-state index >= 15 is 0 Å². The molecular weight excluding hydrogens is 483 g/mol. The molecule has 5 nitrogen and oxygen atoms in total. The molecule has 0 aliphatic carbocycles. The first-order chi connectivity index (χ1) is 16.9. The molecule has 1 amide bonds. The minimum atomic E-state index is -0.500. The van der Waals surface area contributed by atoms with Crippen molar-refractivity contribution in [3.05, 3.63) is 106 Å². The zero-order valence-electron chi connectivity index (χ0n) is 19.2. The van der Waals surface area contributed by atoms with Gasteiger partial charge in [0.15, 0.2) is 11.5 Å². The summed E-state index contributed by atoms with van der Waals surface area (Å²) in [6.45, 7) is 6.31. The van der Waals surface area contributed by atoms with Gasteiger partial charge in [0, 0.05) is 26.9 Å². The lowest BCUT2D eigenvalue weighted by Gasteiger charge is -2.17. The molecule has 0 aliphatic heterocycles. The Hall–Kier alpha value is -3.72. The van der Waals surface area contributed by atoms with E-state index in [0.29, 0.717) is 45.8 Å². The molecule has 3 aromatic carbocycles. The highest BCUT2D eigenvalue weighted by Crippen LogP contribution is 2.36. The van der Waals surface area contributed by atoms with Gasteiger partial charge in [0.1, 0.15) is 18.2 Å². The number of hydrogen-bond donors (Lipinski definition) is 1. The molecular formula is C28H24Cl2N2O3. The van der Waals surface area contributed by atoms with Gasteiger partial charge in [-0.25, -0.2) is 0 Å². The Kier molecular flexibility index (Phi) is 9.37. The Morgan fingerprint density at radius 2 is 1.86 bits per heavy atom. The number of ether oxygens (including phenoxy) is 2. The molecule has 178 valence electrons. The molecule has 0 saturated heterocycles. The van der Waals surface area contributed by atoms with Crippen LogP contribution in [0.3, 0.4) is 0 Å². The minimum Gasteiger partial charge on any atom is -0.490 e. The summed E-state index contributed by atoms with van der Waals surface area (Å²) in [5.74, 6) is 0.533. The molecule has 7 heteroatoms. The molecule has 0 aromatic heterocycles. The molecule has 0 bridgehead atoms. The van der Waals surface area contributed by atoms with Crippen molar-refractivity contribution >= 4 is 40.9 Å². The maximum Gasteiger partial charge on any atom is 0.266 e. The molecule has 3 rings (SSSR count). The van der Waals surface area contributed by atoms with Gasteiger partial charge in [0.05, 0.1) is 6.61 Å². The zero-order valence-corrected chi connectivity index (χ0v) is 20.7. The number of para-hydroxylation sites is 1. The van der Waals surface area contributed by atoms with Crippen LogP contribution in [-0.4, -0.2) is 12.5 Å². The number of halogens is 2. The number of carbonyl (C=O) groups excluding carboxylic acids is 1. The molecule has 0 atom stereocenters. The van der Waals surface area contributed by atoms with E-state index < -0.39 is 5.91 Å². The topological polar surface area (TPSA) is 71.4 Å². The van der Waals surface area contributed by atoms with Gasteiger partial charge in [0.25, 0.3) is 5.91 Å². The van der Waals surface area contributed by atoms with E-state index in [1.165, 1.54) is 6.08 Å². The van der Waals surface area contributed by atoms with Crippen LogP contribution in [0.15, 0.2) is 78.9 Å². The Balaban J connectivity index is 1.94. The van der Waals surface area contributed by atoms with Crippen LogP contribution in [-0.2, 0) is 17.8 Å². The predicted molar refractivity (Wildman–Crippen MR) is 141 cm³/mol. The van der Waals surface area contributed by atoms with Crippen LogP contribution < -0.4 is 14.8 Å². The fourth-order valence-corrected chi connectivity index (χ4v) is 3.79. The van der Waals surface area contributed by atoms with E-state index in [2.05, 4.69) is 11.9 Å². The summed E-state index contributed by atoms with van der Waals surface area (Å²) >= 11 is 12.3. The predicted octanol–water partition coefficient (Wildman–Crippen LogP) is 7.25. The summed E-state index contributed by atoms with van der Waals surface area (Å²) in [6, 6.07) is 19.7. The monoisotopic (exact) mass is 506 g/mol. The first-order valence-corrected chi connectivity index (χ1v) is 11.7. The fraction of sp³-hybridized carbons (Fsp3) is 0.143. The van der Waals surface area contributed by atoms with Gasteiger partial charge in [-0.2, -0.15) is 5.26 Å². The lowest BCUT2D eigenvalue weighted by atomic mass is 10.0. The summed E-state index contributed by atoms with van der Waals surface area (Å²) < 4.78 is 12.0. The van der Waals surface area contributed by atoms with Crippen LogP contribution in [0, 0.1) is 11.3 Å².